The minimum Gasteiger partial charge on any atom is -0.399 e. The Labute approximate surface area is 92.7 Å². The van der Waals surface area contributed by atoms with Gasteiger partial charge < -0.3 is 5.73 Å². The predicted molar refractivity (Wildman–Crippen MR) is 66.1 cm³/mol. The maximum absolute atomic E-state index is 5.91. The topological polar surface area (TPSA) is 26.0 Å². The van der Waals surface area contributed by atoms with Crippen LogP contribution in [-0.2, 0) is 11.8 Å². The summed E-state index contributed by atoms with van der Waals surface area (Å²) in [5.41, 5.74) is 10.3. The van der Waals surface area contributed by atoms with Gasteiger partial charge in [0, 0.05) is 5.69 Å². The third kappa shape index (κ3) is 1.64. The van der Waals surface area contributed by atoms with Crippen LogP contribution in [0.4, 0.5) is 5.69 Å². The number of nitrogen functional groups attached to an aromatic ring is 1. The number of nitrogens with two attached hydrogens (primary N) is 1. The molecule has 0 saturated carbocycles. The van der Waals surface area contributed by atoms with Crippen molar-refractivity contribution >= 4 is 5.69 Å². The summed E-state index contributed by atoms with van der Waals surface area (Å²) in [5, 5.41) is 0. The molecule has 15 heavy (non-hydrogen) atoms. The zero-order chi connectivity index (χ0) is 10.9. The van der Waals surface area contributed by atoms with Crippen LogP contribution in [0.25, 0.3) is 0 Å². The highest BCUT2D eigenvalue weighted by atomic mass is 14.5. The Morgan fingerprint density at radius 1 is 1.27 bits per heavy atom. The molecular formula is C14H21N. The van der Waals surface area contributed by atoms with Crippen LogP contribution in [0.2, 0.25) is 0 Å². The molecule has 1 nitrogen and oxygen atoms in total. The first-order valence-electron chi connectivity index (χ1n) is 6.11. The first-order valence-corrected chi connectivity index (χ1v) is 6.11. The van der Waals surface area contributed by atoms with E-state index in [0.29, 0.717) is 5.41 Å². The van der Waals surface area contributed by atoms with Crippen molar-refractivity contribution in [2.45, 2.75) is 51.4 Å². The van der Waals surface area contributed by atoms with E-state index >= 15 is 0 Å². The maximum atomic E-state index is 5.91. The number of fused-ring (bicyclic) bond motifs is 1. The number of rotatable bonds is 2. The van der Waals surface area contributed by atoms with Crippen LogP contribution < -0.4 is 5.73 Å². The molecule has 1 aliphatic rings. The maximum Gasteiger partial charge on any atom is 0.0317 e. The summed E-state index contributed by atoms with van der Waals surface area (Å²) in [7, 11) is 0. The number of anilines is 1. The average molecular weight is 203 g/mol. The summed E-state index contributed by atoms with van der Waals surface area (Å²) in [5.74, 6) is 0. The zero-order valence-electron chi connectivity index (χ0n) is 9.84. The lowest BCUT2D eigenvalue weighted by Gasteiger charge is -2.38. The van der Waals surface area contributed by atoms with E-state index in [4.69, 9.17) is 5.73 Å². The van der Waals surface area contributed by atoms with Gasteiger partial charge in [0.05, 0.1) is 0 Å². The van der Waals surface area contributed by atoms with Gasteiger partial charge in [-0.1, -0.05) is 19.9 Å². The van der Waals surface area contributed by atoms with Crippen LogP contribution in [0.3, 0.4) is 0 Å². The van der Waals surface area contributed by atoms with Crippen molar-refractivity contribution in [3.8, 4) is 0 Å². The van der Waals surface area contributed by atoms with Crippen LogP contribution >= 0.6 is 0 Å². The van der Waals surface area contributed by atoms with Gasteiger partial charge in [-0.25, -0.2) is 0 Å². The summed E-state index contributed by atoms with van der Waals surface area (Å²) in [4.78, 5) is 0. The van der Waals surface area contributed by atoms with Gasteiger partial charge in [-0.15, -0.1) is 0 Å². The molecule has 0 spiro atoms. The average Bonchev–Trinajstić information content (AvgIpc) is 2.28. The van der Waals surface area contributed by atoms with Gasteiger partial charge in [-0.2, -0.15) is 0 Å². The summed E-state index contributed by atoms with van der Waals surface area (Å²) in [6, 6.07) is 6.48. The Kier molecular flexibility index (Phi) is 2.72. The minimum atomic E-state index is 0.406. The highest BCUT2D eigenvalue weighted by Crippen LogP contribution is 2.43. The standard InChI is InChI=1S/C14H21N/c1-3-14(4-2)9-5-6-11-7-8-12(15)10-13(11)14/h7-8,10H,3-6,9,15H2,1-2H3. The Morgan fingerprint density at radius 2 is 2.00 bits per heavy atom. The van der Waals surface area contributed by atoms with E-state index in [9.17, 15) is 0 Å². The summed E-state index contributed by atoms with van der Waals surface area (Å²) < 4.78 is 0. The highest BCUT2D eigenvalue weighted by Gasteiger charge is 2.33. The van der Waals surface area contributed by atoms with Gasteiger partial charge in [0.25, 0.3) is 0 Å². The number of aryl methyl sites for hydroxylation is 1. The summed E-state index contributed by atoms with van der Waals surface area (Å²) >= 11 is 0. The second-order valence-corrected chi connectivity index (χ2v) is 4.76. The van der Waals surface area contributed by atoms with Crippen LogP contribution in [0.5, 0.6) is 0 Å². The largest absolute Gasteiger partial charge is 0.399 e. The monoisotopic (exact) mass is 203 g/mol. The zero-order valence-corrected chi connectivity index (χ0v) is 9.84. The van der Waals surface area contributed by atoms with Crippen LogP contribution in [0.1, 0.15) is 50.7 Å². The lowest BCUT2D eigenvalue weighted by atomic mass is 9.67. The molecule has 0 atom stereocenters. The van der Waals surface area contributed by atoms with Crippen molar-refractivity contribution in [2.24, 2.45) is 0 Å². The Balaban J connectivity index is 2.53. The molecule has 0 fully saturated rings. The Bertz CT molecular complexity index is 350. The third-order valence-corrected chi connectivity index (χ3v) is 4.16. The van der Waals surface area contributed by atoms with Crippen molar-refractivity contribution in [1.82, 2.24) is 0 Å². The van der Waals surface area contributed by atoms with Gasteiger partial charge in [-0.3, -0.25) is 0 Å². The molecule has 1 heteroatoms. The smallest absolute Gasteiger partial charge is 0.0317 e. The molecule has 0 radical (unpaired) electrons. The Hall–Kier alpha value is -0.980. The summed E-state index contributed by atoms with van der Waals surface area (Å²) in [6.45, 7) is 4.61. The fourth-order valence-electron chi connectivity index (χ4n) is 3.04. The van der Waals surface area contributed by atoms with Gasteiger partial charge >= 0.3 is 0 Å². The van der Waals surface area contributed by atoms with Crippen molar-refractivity contribution in [2.75, 3.05) is 5.73 Å². The van der Waals surface area contributed by atoms with E-state index < -0.39 is 0 Å². The fraction of sp³-hybridized carbons (Fsp3) is 0.571. The first-order chi connectivity index (χ1) is 7.22. The molecule has 0 unspecified atom stereocenters. The predicted octanol–water partition coefficient (Wildman–Crippen LogP) is 3.66. The molecule has 1 aromatic carbocycles. The van der Waals surface area contributed by atoms with E-state index in [2.05, 4.69) is 26.0 Å². The lowest BCUT2D eigenvalue weighted by Crippen LogP contribution is -2.29. The van der Waals surface area contributed by atoms with E-state index in [-0.39, 0.29) is 0 Å². The molecule has 0 saturated heterocycles. The SMILES string of the molecule is CCC1(CC)CCCc2ccc(N)cc21. The minimum absolute atomic E-state index is 0.406. The second-order valence-electron chi connectivity index (χ2n) is 4.76. The number of hydrogen-bond donors (Lipinski definition) is 1. The van der Waals surface area contributed by atoms with Gasteiger partial charge in [0.2, 0.25) is 0 Å². The van der Waals surface area contributed by atoms with Crippen LogP contribution in [0.15, 0.2) is 18.2 Å². The highest BCUT2D eigenvalue weighted by molar-refractivity contribution is 5.49. The van der Waals surface area contributed by atoms with Crippen molar-refractivity contribution < 1.29 is 0 Å². The molecule has 0 heterocycles. The van der Waals surface area contributed by atoms with Crippen molar-refractivity contribution in [3.63, 3.8) is 0 Å². The van der Waals surface area contributed by atoms with Gasteiger partial charge in [0.15, 0.2) is 0 Å². The molecule has 82 valence electrons. The molecule has 1 aliphatic carbocycles. The van der Waals surface area contributed by atoms with Gasteiger partial charge in [-0.05, 0) is 60.8 Å². The molecule has 0 bridgehead atoms. The fourth-order valence-corrected chi connectivity index (χ4v) is 3.04. The lowest BCUT2D eigenvalue weighted by molar-refractivity contribution is 0.335. The molecular weight excluding hydrogens is 182 g/mol. The van der Waals surface area contributed by atoms with Gasteiger partial charge in [0.1, 0.15) is 0 Å². The van der Waals surface area contributed by atoms with E-state index in [1.165, 1.54) is 43.2 Å². The second kappa shape index (κ2) is 3.88. The normalized spacial score (nSPS) is 18.5. The quantitative estimate of drug-likeness (QED) is 0.729. The van der Waals surface area contributed by atoms with E-state index in [1.807, 2.05) is 6.07 Å². The molecule has 0 aromatic heterocycles. The van der Waals surface area contributed by atoms with Crippen LogP contribution in [0, 0.1) is 0 Å². The number of hydrogen-bond acceptors (Lipinski definition) is 1. The number of benzene rings is 1. The van der Waals surface area contributed by atoms with Crippen molar-refractivity contribution in [1.29, 1.82) is 0 Å². The summed E-state index contributed by atoms with van der Waals surface area (Å²) in [6.07, 6.45) is 6.37. The third-order valence-electron chi connectivity index (χ3n) is 4.16. The van der Waals surface area contributed by atoms with E-state index in [1.54, 1.807) is 0 Å². The Morgan fingerprint density at radius 3 is 2.67 bits per heavy atom. The van der Waals surface area contributed by atoms with Crippen LogP contribution in [-0.4, -0.2) is 0 Å². The molecule has 0 amide bonds. The molecule has 1 aromatic rings. The molecule has 2 N–H and O–H groups in total. The van der Waals surface area contributed by atoms with E-state index in [0.717, 1.165) is 5.69 Å². The van der Waals surface area contributed by atoms with Crippen molar-refractivity contribution in [3.05, 3.63) is 29.3 Å². The molecule has 2 rings (SSSR count). The molecule has 0 aliphatic heterocycles. The first kappa shape index (κ1) is 10.5.